The van der Waals surface area contributed by atoms with Gasteiger partial charge in [-0.25, -0.2) is 4.98 Å². The zero-order chi connectivity index (χ0) is 16.4. The third-order valence-corrected chi connectivity index (χ3v) is 4.57. The minimum Gasteiger partial charge on any atom is -0.368 e. The number of imidazole rings is 1. The number of carbonyl (C=O) groups is 1. The van der Waals surface area contributed by atoms with Crippen LogP contribution < -0.4 is 10.2 Å². The molecule has 0 radical (unpaired) electrons. The van der Waals surface area contributed by atoms with E-state index in [-0.39, 0.29) is 11.9 Å². The largest absolute Gasteiger partial charge is 0.368 e. The van der Waals surface area contributed by atoms with E-state index in [4.69, 9.17) is 23.2 Å². The van der Waals surface area contributed by atoms with Gasteiger partial charge in [-0.05, 0) is 31.5 Å². The number of rotatable bonds is 4. The molecule has 1 aliphatic heterocycles. The Hall–Kier alpha value is -1.72. The van der Waals surface area contributed by atoms with Crippen LogP contribution in [0.2, 0.25) is 10.0 Å². The van der Waals surface area contributed by atoms with Crippen LogP contribution in [0.3, 0.4) is 0 Å². The van der Waals surface area contributed by atoms with Crippen molar-refractivity contribution in [2.75, 3.05) is 18.0 Å². The Bertz CT molecular complexity index is 716. The van der Waals surface area contributed by atoms with E-state index in [2.05, 4.69) is 15.2 Å². The van der Waals surface area contributed by atoms with Crippen LogP contribution in [0.4, 0.5) is 5.69 Å². The van der Waals surface area contributed by atoms with Crippen LogP contribution in [-0.2, 0) is 6.54 Å². The third-order valence-electron chi connectivity index (χ3n) is 4.03. The van der Waals surface area contributed by atoms with Crippen molar-refractivity contribution in [1.82, 2.24) is 14.9 Å². The number of carbonyl (C=O) groups excluding carboxylic acids is 1. The van der Waals surface area contributed by atoms with Crippen molar-refractivity contribution in [3.63, 3.8) is 0 Å². The summed E-state index contributed by atoms with van der Waals surface area (Å²) >= 11 is 12.2. The van der Waals surface area contributed by atoms with Gasteiger partial charge in [-0.1, -0.05) is 23.2 Å². The first-order chi connectivity index (χ1) is 11.1. The zero-order valence-electron chi connectivity index (χ0n) is 12.8. The van der Waals surface area contributed by atoms with Gasteiger partial charge in [-0.3, -0.25) is 4.79 Å². The predicted molar refractivity (Wildman–Crippen MR) is 92.4 cm³/mol. The number of hydrogen-bond acceptors (Lipinski definition) is 3. The SMILES string of the molecule is CCn1ccnc1C(=O)NC1CCN(c2ccc(Cl)cc2Cl)C1. The van der Waals surface area contributed by atoms with E-state index >= 15 is 0 Å². The molecule has 1 fully saturated rings. The summed E-state index contributed by atoms with van der Waals surface area (Å²) in [7, 11) is 0. The molecule has 1 atom stereocenters. The highest BCUT2D eigenvalue weighted by Gasteiger charge is 2.26. The van der Waals surface area contributed by atoms with Gasteiger partial charge in [0.15, 0.2) is 5.82 Å². The predicted octanol–water partition coefficient (Wildman–Crippen LogP) is 3.22. The van der Waals surface area contributed by atoms with Gasteiger partial charge in [0.05, 0.1) is 10.7 Å². The van der Waals surface area contributed by atoms with Crippen molar-refractivity contribution in [1.29, 1.82) is 0 Å². The summed E-state index contributed by atoms with van der Waals surface area (Å²) in [4.78, 5) is 18.6. The number of halogens is 2. The Morgan fingerprint density at radius 1 is 1.43 bits per heavy atom. The van der Waals surface area contributed by atoms with E-state index in [1.54, 1.807) is 12.3 Å². The molecule has 0 saturated carbocycles. The van der Waals surface area contributed by atoms with Crippen LogP contribution in [0.1, 0.15) is 24.0 Å². The molecule has 5 nitrogen and oxygen atoms in total. The first-order valence-corrected chi connectivity index (χ1v) is 8.36. The van der Waals surface area contributed by atoms with E-state index in [0.717, 1.165) is 31.7 Å². The van der Waals surface area contributed by atoms with Gasteiger partial charge in [0.25, 0.3) is 5.91 Å². The van der Waals surface area contributed by atoms with E-state index < -0.39 is 0 Å². The van der Waals surface area contributed by atoms with Gasteiger partial charge in [-0.2, -0.15) is 0 Å². The molecule has 122 valence electrons. The monoisotopic (exact) mass is 352 g/mol. The standard InChI is InChI=1S/C16H18Cl2N4O/c1-2-21-8-6-19-15(21)16(23)20-12-5-7-22(10-12)14-4-3-11(17)9-13(14)18/h3-4,6,8-9,12H,2,5,7,10H2,1H3,(H,20,23). The van der Waals surface area contributed by atoms with Crippen LogP contribution in [-0.4, -0.2) is 34.6 Å². The first kappa shape index (κ1) is 16.1. The van der Waals surface area contributed by atoms with Crippen LogP contribution in [0.5, 0.6) is 0 Å². The maximum atomic E-state index is 12.3. The van der Waals surface area contributed by atoms with Crippen molar-refractivity contribution >= 4 is 34.8 Å². The number of nitrogens with zero attached hydrogens (tertiary/aromatic N) is 3. The van der Waals surface area contributed by atoms with Crippen molar-refractivity contribution < 1.29 is 4.79 Å². The molecular weight excluding hydrogens is 335 g/mol. The molecule has 1 amide bonds. The molecule has 1 aromatic heterocycles. The van der Waals surface area contributed by atoms with Crippen molar-refractivity contribution in [2.45, 2.75) is 25.9 Å². The number of hydrogen-bond donors (Lipinski definition) is 1. The minimum absolute atomic E-state index is 0.0799. The highest BCUT2D eigenvalue weighted by molar-refractivity contribution is 6.36. The van der Waals surface area contributed by atoms with Crippen LogP contribution in [0.25, 0.3) is 0 Å². The molecule has 1 saturated heterocycles. The lowest BCUT2D eigenvalue weighted by Gasteiger charge is -2.20. The average molecular weight is 353 g/mol. The summed E-state index contributed by atoms with van der Waals surface area (Å²) in [6, 6.07) is 5.56. The molecule has 0 aliphatic carbocycles. The fourth-order valence-electron chi connectivity index (χ4n) is 2.86. The van der Waals surface area contributed by atoms with Gasteiger partial charge in [-0.15, -0.1) is 0 Å². The summed E-state index contributed by atoms with van der Waals surface area (Å²) in [6.45, 7) is 4.27. The van der Waals surface area contributed by atoms with Crippen LogP contribution in [0.15, 0.2) is 30.6 Å². The van der Waals surface area contributed by atoms with Crippen molar-refractivity contribution in [2.24, 2.45) is 0 Å². The molecule has 0 spiro atoms. The highest BCUT2D eigenvalue weighted by Crippen LogP contribution is 2.31. The Morgan fingerprint density at radius 3 is 3.00 bits per heavy atom. The second-order valence-corrected chi connectivity index (χ2v) is 6.38. The fourth-order valence-corrected chi connectivity index (χ4v) is 3.39. The van der Waals surface area contributed by atoms with Gasteiger partial charge in [0.1, 0.15) is 0 Å². The number of anilines is 1. The average Bonchev–Trinajstić information content (AvgIpc) is 3.15. The molecule has 2 heterocycles. The summed E-state index contributed by atoms with van der Waals surface area (Å²) in [5.41, 5.74) is 0.947. The van der Waals surface area contributed by atoms with Crippen LogP contribution in [0, 0.1) is 0 Å². The Balaban J connectivity index is 1.65. The highest BCUT2D eigenvalue weighted by atomic mass is 35.5. The van der Waals surface area contributed by atoms with Gasteiger partial charge in [0, 0.05) is 43.1 Å². The maximum absolute atomic E-state index is 12.3. The lowest BCUT2D eigenvalue weighted by atomic mass is 10.2. The van der Waals surface area contributed by atoms with Gasteiger partial charge < -0.3 is 14.8 Å². The normalized spacial score (nSPS) is 17.5. The van der Waals surface area contributed by atoms with Crippen molar-refractivity contribution in [3.05, 3.63) is 46.5 Å². The number of aromatic nitrogens is 2. The fraction of sp³-hybridized carbons (Fsp3) is 0.375. The molecule has 7 heteroatoms. The maximum Gasteiger partial charge on any atom is 0.287 e. The Labute approximate surface area is 145 Å². The van der Waals surface area contributed by atoms with E-state index in [0.29, 0.717) is 15.9 Å². The second kappa shape index (κ2) is 6.81. The zero-order valence-corrected chi connectivity index (χ0v) is 14.3. The lowest BCUT2D eigenvalue weighted by molar-refractivity contribution is 0.0925. The summed E-state index contributed by atoms with van der Waals surface area (Å²) in [5, 5.41) is 4.30. The molecule has 1 unspecified atom stereocenters. The molecule has 1 aliphatic rings. The number of amides is 1. The van der Waals surface area contributed by atoms with E-state index in [1.165, 1.54) is 0 Å². The topological polar surface area (TPSA) is 50.2 Å². The Morgan fingerprint density at radius 2 is 2.26 bits per heavy atom. The second-order valence-electron chi connectivity index (χ2n) is 5.54. The van der Waals surface area contributed by atoms with Gasteiger partial charge >= 0.3 is 0 Å². The molecule has 1 N–H and O–H groups in total. The third kappa shape index (κ3) is 3.46. The molecule has 23 heavy (non-hydrogen) atoms. The molecule has 1 aromatic carbocycles. The molecule has 0 bridgehead atoms. The van der Waals surface area contributed by atoms with Gasteiger partial charge in [0.2, 0.25) is 0 Å². The van der Waals surface area contributed by atoms with Crippen LogP contribution >= 0.6 is 23.2 Å². The molecule has 3 rings (SSSR count). The number of aryl methyl sites for hydroxylation is 1. The first-order valence-electron chi connectivity index (χ1n) is 7.60. The quantitative estimate of drug-likeness (QED) is 0.918. The number of nitrogens with one attached hydrogen (secondary N) is 1. The summed E-state index contributed by atoms with van der Waals surface area (Å²) in [6.07, 6.45) is 4.33. The lowest BCUT2D eigenvalue weighted by Crippen LogP contribution is -2.38. The minimum atomic E-state index is -0.133. The van der Waals surface area contributed by atoms with E-state index in [1.807, 2.05) is 29.8 Å². The summed E-state index contributed by atoms with van der Waals surface area (Å²) in [5.74, 6) is 0.321. The molecular formula is C16H18Cl2N4O. The number of benzene rings is 1. The molecule has 2 aromatic rings. The van der Waals surface area contributed by atoms with Crippen molar-refractivity contribution in [3.8, 4) is 0 Å². The Kier molecular flexibility index (Phi) is 4.78. The summed E-state index contributed by atoms with van der Waals surface area (Å²) < 4.78 is 1.83. The smallest absolute Gasteiger partial charge is 0.287 e. The van der Waals surface area contributed by atoms with E-state index in [9.17, 15) is 4.79 Å².